The molecule has 0 aliphatic heterocycles. The first kappa shape index (κ1) is 13.4. The lowest BCUT2D eigenvalue weighted by atomic mass is 10.3. The van der Waals surface area contributed by atoms with Crippen LogP contribution in [0.2, 0.25) is 0 Å². The minimum Gasteiger partial charge on any atom is -0.387 e. The van der Waals surface area contributed by atoms with E-state index in [1.165, 1.54) is 0 Å². The lowest BCUT2D eigenvalue weighted by Crippen LogP contribution is -2.14. The zero-order valence-electron chi connectivity index (χ0n) is 10.8. The Labute approximate surface area is 116 Å². The summed E-state index contributed by atoms with van der Waals surface area (Å²) in [6.45, 7) is 0. The van der Waals surface area contributed by atoms with Crippen molar-refractivity contribution in [3.05, 3.63) is 48.3 Å². The van der Waals surface area contributed by atoms with Crippen LogP contribution in [-0.4, -0.2) is 24.2 Å². The number of thioether (sulfide) groups is 1. The molecule has 0 radical (unpaired) electrons. The monoisotopic (exact) mass is 273 g/mol. The fraction of sp³-hybridized carbons (Fsp3) is 0.143. The Morgan fingerprint density at radius 1 is 1.21 bits per heavy atom. The highest BCUT2D eigenvalue weighted by Gasteiger charge is 2.09. The van der Waals surface area contributed by atoms with E-state index in [1.807, 2.05) is 43.6 Å². The standard InChI is InChI=1S/C14H15N3OS/c1-15-10-7-8-12(16-9-10)14(18)17-11-5-3-4-6-13(11)19-2/h3-9,15H,1-2H3,(H,17,18). The third kappa shape index (κ3) is 3.26. The number of anilines is 2. The number of carbonyl (C=O) groups excluding carboxylic acids is 1. The van der Waals surface area contributed by atoms with Crippen LogP contribution in [0.4, 0.5) is 11.4 Å². The maximum Gasteiger partial charge on any atom is 0.274 e. The average molecular weight is 273 g/mol. The number of hydrogen-bond donors (Lipinski definition) is 2. The van der Waals surface area contributed by atoms with Gasteiger partial charge in [0.25, 0.3) is 5.91 Å². The van der Waals surface area contributed by atoms with Crippen molar-refractivity contribution in [1.82, 2.24) is 4.98 Å². The Balaban J connectivity index is 2.16. The molecule has 2 rings (SSSR count). The summed E-state index contributed by atoms with van der Waals surface area (Å²) < 4.78 is 0. The van der Waals surface area contributed by atoms with E-state index in [2.05, 4.69) is 15.6 Å². The number of nitrogens with zero attached hydrogens (tertiary/aromatic N) is 1. The van der Waals surface area contributed by atoms with Gasteiger partial charge in [0.1, 0.15) is 5.69 Å². The van der Waals surface area contributed by atoms with Crippen molar-refractivity contribution in [3.63, 3.8) is 0 Å². The summed E-state index contributed by atoms with van der Waals surface area (Å²) >= 11 is 1.59. The van der Waals surface area contributed by atoms with E-state index < -0.39 is 0 Å². The van der Waals surface area contributed by atoms with E-state index in [0.29, 0.717) is 5.69 Å². The summed E-state index contributed by atoms with van der Waals surface area (Å²) in [7, 11) is 1.81. The van der Waals surface area contributed by atoms with Gasteiger partial charge in [-0.1, -0.05) is 12.1 Å². The molecule has 2 N–H and O–H groups in total. The number of amides is 1. The quantitative estimate of drug-likeness (QED) is 0.840. The van der Waals surface area contributed by atoms with Crippen molar-refractivity contribution in [1.29, 1.82) is 0 Å². The van der Waals surface area contributed by atoms with Gasteiger partial charge in [-0.05, 0) is 30.5 Å². The second kappa shape index (κ2) is 6.24. The van der Waals surface area contributed by atoms with E-state index >= 15 is 0 Å². The Morgan fingerprint density at radius 3 is 2.63 bits per heavy atom. The van der Waals surface area contributed by atoms with Crippen LogP contribution in [0.25, 0.3) is 0 Å². The number of benzene rings is 1. The maximum absolute atomic E-state index is 12.1. The van der Waals surface area contributed by atoms with Gasteiger partial charge in [-0.3, -0.25) is 4.79 Å². The molecule has 0 atom stereocenters. The maximum atomic E-state index is 12.1. The number of pyridine rings is 1. The topological polar surface area (TPSA) is 54.0 Å². The molecule has 2 aromatic rings. The average Bonchev–Trinajstić information content (AvgIpc) is 2.48. The molecule has 0 saturated carbocycles. The van der Waals surface area contributed by atoms with Crippen molar-refractivity contribution in [2.75, 3.05) is 23.9 Å². The van der Waals surface area contributed by atoms with Gasteiger partial charge in [0, 0.05) is 11.9 Å². The predicted octanol–water partition coefficient (Wildman–Crippen LogP) is 3.10. The van der Waals surface area contributed by atoms with Crippen LogP contribution in [0.1, 0.15) is 10.5 Å². The van der Waals surface area contributed by atoms with Crippen molar-refractivity contribution in [2.24, 2.45) is 0 Å². The molecule has 0 aliphatic carbocycles. The van der Waals surface area contributed by atoms with Crippen LogP contribution in [0.15, 0.2) is 47.5 Å². The molecule has 98 valence electrons. The van der Waals surface area contributed by atoms with E-state index in [9.17, 15) is 4.79 Å². The summed E-state index contributed by atoms with van der Waals surface area (Å²) in [4.78, 5) is 17.2. The summed E-state index contributed by atoms with van der Waals surface area (Å²) in [6, 6.07) is 11.2. The first-order chi connectivity index (χ1) is 9.24. The Kier molecular flexibility index (Phi) is 4.41. The SMILES string of the molecule is CNc1ccc(C(=O)Nc2ccccc2SC)nc1. The third-order valence-electron chi connectivity index (χ3n) is 2.64. The van der Waals surface area contributed by atoms with Gasteiger partial charge >= 0.3 is 0 Å². The van der Waals surface area contributed by atoms with Gasteiger partial charge in [-0.25, -0.2) is 4.98 Å². The molecule has 1 heterocycles. The Hall–Kier alpha value is -2.01. The Morgan fingerprint density at radius 2 is 2.00 bits per heavy atom. The number of carbonyl (C=O) groups is 1. The van der Waals surface area contributed by atoms with Crippen LogP contribution in [0, 0.1) is 0 Å². The third-order valence-corrected chi connectivity index (χ3v) is 3.44. The lowest BCUT2D eigenvalue weighted by molar-refractivity contribution is 0.102. The molecule has 5 heteroatoms. The van der Waals surface area contributed by atoms with E-state index in [1.54, 1.807) is 24.0 Å². The molecule has 19 heavy (non-hydrogen) atoms. The summed E-state index contributed by atoms with van der Waals surface area (Å²) in [6.07, 6.45) is 3.61. The molecule has 0 saturated heterocycles. The van der Waals surface area contributed by atoms with E-state index in [-0.39, 0.29) is 5.91 Å². The largest absolute Gasteiger partial charge is 0.387 e. The number of hydrogen-bond acceptors (Lipinski definition) is 4. The minimum atomic E-state index is -0.204. The molecule has 1 amide bonds. The molecule has 0 aliphatic rings. The van der Waals surface area contributed by atoms with Gasteiger partial charge in [0.2, 0.25) is 0 Å². The van der Waals surface area contributed by atoms with Crippen LogP contribution in [-0.2, 0) is 0 Å². The van der Waals surface area contributed by atoms with Gasteiger partial charge < -0.3 is 10.6 Å². The number of nitrogens with one attached hydrogen (secondary N) is 2. The lowest BCUT2D eigenvalue weighted by Gasteiger charge is -2.09. The number of para-hydroxylation sites is 1. The van der Waals surface area contributed by atoms with Gasteiger partial charge in [0.15, 0.2) is 0 Å². The molecule has 0 unspecified atom stereocenters. The minimum absolute atomic E-state index is 0.204. The van der Waals surface area contributed by atoms with Crippen molar-refractivity contribution in [3.8, 4) is 0 Å². The van der Waals surface area contributed by atoms with Crippen LogP contribution in [0.3, 0.4) is 0 Å². The molecule has 0 fully saturated rings. The van der Waals surface area contributed by atoms with Crippen LogP contribution < -0.4 is 10.6 Å². The first-order valence-electron chi connectivity index (χ1n) is 5.83. The highest BCUT2D eigenvalue weighted by atomic mass is 32.2. The smallest absolute Gasteiger partial charge is 0.274 e. The molecule has 4 nitrogen and oxygen atoms in total. The fourth-order valence-electron chi connectivity index (χ4n) is 1.61. The second-order valence-corrected chi connectivity index (χ2v) is 4.68. The molecular formula is C14H15N3OS. The second-order valence-electron chi connectivity index (χ2n) is 3.84. The number of aromatic nitrogens is 1. The molecule has 1 aromatic carbocycles. The molecule has 1 aromatic heterocycles. The summed E-state index contributed by atoms with van der Waals surface area (Å²) in [5, 5.41) is 5.84. The van der Waals surface area contributed by atoms with Crippen LogP contribution >= 0.6 is 11.8 Å². The Bertz CT molecular complexity index is 569. The van der Waals surface area contributed by atoms with Crippen molar-refractivity contribution >= 4 is 29.0 Å². The summed E-state index contributed by atoms with van der Waals surface area (Å²) in [5.74, 6) is -0.204. The fourth-order valence-corrected chi connectivity index (χ4v) is 2.16. The van der Waals surface area contributed by atoms with Crippen molar-refractivity contribution in [2.45, 2.75) is 4.90 Å². The highest BCUT2D eigenvalue weighted by Crippen LogP contribution is 2.24. The molecule has 0 spiro atoms. The molecular weight excluding hydrogens is 258 g/mol. The van der Waals surface area contributed by atoms with Gasteiger partial charge in [-0.15, -0.1) is 11.8 Å². The normalized spacial score (nSPS) is 10.0. The highest BCUT2D eigenvalue weighted by molar-refractivity contribution is 7.98. The zero-order valence-corrected chi connectivity index (χ0v) is 11.6. The van der Waals surface area contributed by atoms with Gasteiger partial charge in [0.05, 0.1) is 17.6 Å². The van der Waals surface area contributed by atoms with E-state index in [4.69, 9.17) is 0 Å². The van der Waals surface area contributed by atoms with E-state index in [0.717, 1.165) is 16.3 Å². The van der Waals surface area contributed by atoms with Crippen molar-refractivity contribution < 1.29 is 4.79 Å². The number of rotatable bonds is 4. The molecule has 0 bridgehead atoms. The first-order valence-corrected chi connectivity index (χ1v) is 7.05. The zero-order chi connectivity index (χ0) is 13.7. The predicted molar refractivity (Wildman–Crippen MR) is 80.0 cm³/mol. The van der Waals surface area contributed by atoms with Gasteiger partial charge in [-0.2, -0.15) is 0 Å². The summed E-state index contributed by atoms with van der Waals surface area (Å²) in [5.41, 5.74) is 2.08. The van der Waals surface area contributed by atoms with Crippen LogP contribution in [0.5, 0.6) is 0 Å².